The Hall–Kier alpha value is -4.31. The number of aromatic nitrogens is 6. The number of pyridine rings is 2. The van der Waals surface area contributed by atoms with Crippen LogP contribution in [0.3, 0.4) is 0 Å². The van der Waals surface area contributed by atoms with Gasteiger partial charge in [-0.3, -0.25) is 4.98 Å². The molecule has 4 aromatic heterocycles. The number of anilines is 2. The predicted octanol–water partition coefficient (Wildman–Crippen LogP) is 2.74. The van der Waals surface area contributed by atoms with Crippen molar-refractivity contribution in [3.05, 3.63) is 83.8 Å². The summed E-state index contributed by atoms with van der Waals surface area (Å²) in [6, 6.07) is 12.6. The summed E-state index contributed by atoms with van der Waals surface area (Å²) < 4.78 is 5.41. The third-order valence-electron chi connectivity index (χ3n) is 5.44. The van der Waals surface area contributed by atoms with E-state index in [0.717, 1.165) is 18.8 Å². The van der Waals surface area contributed by atoms with Crippen LogP contribution in [0.1, 0.15) is 27.6 Å². The lowest BCUT2D eigenvalue weighted by Crippen LogP contribution is -2.44. The molecule has 0 radical (unpaired) electrons. The van der Waals surface area contributed by atoms with E-state index in [1.165, 1.54) is 0 Å². The Morgan fingerprint density at radius 3 is 2.60 bits per heavy atom. The van der Waals surface area contributed by atoms with Gasteiger partial charge in [-0.15, -0.1) is 0 Å². The summed E-state index contributed by atoms with van der Waals surface area (Å²) in [4.78, 5) is 39.0. The van der Waals surface area contributed by atoms with Crippen LogP contribution in [0.25, 0.3) is 11.5 Å². The van der Waals surface area contributed by atoms with Gasteiger partial charge in [0.15, 0.2) is 5.82 Å². The fraction of sp³-hybridized carbons (Fsp3) is 0.240. The van der Waals surface area contributed by atoms with E-state index in [1.807, 2.05) is 25.1 Å². The molecule has 176 valence electrons. The molecule has 0 aliphatic carbocycles. The lowest BCUT2D eigenvalue weighted by atomic mass is 10.1. The lowest BCUT2D eigenvalue weighted by Gasteiger charge is -2.26. The van der Waals surface area contributed by atoms with Crippen LogP contribution < -0.4 is 10.6 Å². The SMILES string of the molecule is Cc1cccc(-c2nccc(Nc3ccnc(Cc4cc(C(=O)OCC5CNC5)ccn4)n3)n2)n1. The largest absolute Gasteiger partial charge is 0.462 e. The molecule has 35 heavy (non-hydrogen) atoms. The lowest BCUT2D eigenvalue weighted by molar-refractivity contribution is 0.0397. The molecule has 4 aromatic rings. The van der Waals surface area contributed by atoms with Crippen molar-refractivity contribution >= 4 is 17.6 Å². The van der Waals surface area contributed by atoms with Crippen molar-refractivity contribution in [2.75, 3.05) is 25.0 Å². The molecule has 0 bridgehead atoms. The molecule has 10 nitrogen and oxygen atoms in total. The van der Waals surface area contributed by atoms with Gasteiger partial charge in [0.2, 0.25) is 0 Å². The average molecular weight is 469 g/mol. The highest BCUT2D eigenvalue weighted by atomic mass is 16.5. The van der Waals surface area contributed by atoms with Crippen molar-refractivity contribution in [3.63, 3.8) is 0 Å². The predicted molar refractivity (Wildman–Crippen MR) is 129 cm³/mol. The van der Waals surface area contributed by atoms with Crippen LogP contribution in [0.5, 0.6) is 0 Å². The number of aryl methyl sites for hydroxylation is 1. The molecule has 0 atom stereocenters. The molecular formula is C25H24N8O2. The second kappa shape index (κ2) is 10.3. The van der Waals surface area contributed by atoms with Gasteiger partial charge in [0, 0.05) is 49.0 Å². The smallest absolute Gasteiger partial charge is 0.338 e. The topological polar surface area (TPSA) is 128 Å². The molecular weight excluding hydrogens is 444 g/mol. The van der Waals surface area contributed by atoms with Crippen LogP contribution in [-0.2, 0) is 11.2 Å². The number of carbonyl (C=O) groups excluding carboxylic acids is 1. The summed E-state index contributed by atoms with van der Waals surface area (Å²) in [5, 5.41) is 6.36. The van der Waals surface area contributed by atoms with Crippen LogP contribution in [-0.4, -0.2) is 55.6 Å². The van der Waals surface area contributed by atoms with Gasteiger partial charge in [-0.25, -0.2) is 29.7 Å². The maximum Gasteiger partial charge on any atom is 0.338 e. The van der Waals surface area contributed by atoms with Crippen LogP contribution in [0.4, 0.5) is 11.6 Å². The molecule has 0 amide bonds. The van der Waals surface area contributed by atoms with E-state index >= 15 is 0 Å². The zero-order valence-electron chi connectivity index (χ0n) is 19.2. The summed E-state index contributed by atoms with van der Waals surface area (Å²) in [5.74, 6) is 2.30. The minimum absolute atomic E-state index is 0.348. The summed E-state index contributed by atoms with van der Waals surface area (Å²) in [5.41, 5.74) is 2.74. The number of carbonyl (C=O) groups is 1. The highest BCUT2D eigenvalue weighted by Gasteiger charge is 2.19. The minimum atomic E-state index is -0.348. The molecule has 1 aliphatic heterocycles. The van der Waals surface area contributed by atoms with Crippen molar-refractivity contribution in [1.29, 1.82) is 0 Å². The quantitative estimate of drug-likeness (QED) is 0.373. The Morgan fingerprint density at radius 2 is 1.80 bits per heavy atom. The molecule has 1 aliphatic rings. The van der Waals surface area contributed by atoms with Crippen molar-refractivity contribution in [2.24, 2.45) is 5.92 Å². The van der Waals surface area contributed by atoms with Gasteiger partial charge < -0.3 is 15.4 Å². The van der Waals surface area contributed by atoms with E-state index in [9.17, 15) is 4.79 Å². The van der Waals surface area contributed by atoms with Gasteiger partial charge in [0.1, 0.15) is 23.2 Å². The van der Waals surface area contributed by atoms with Gasteiger partial charge in [0.05, 0.1) is 18.6 Å². The van der Waals surface area contributed by atoms with Crippen molar-refractivity contribution < 1.29 is 9.53 Å². The normalized spacial score (nSPS) is 13.2. The first kappa shape index (κ1) is 22.5. The molecule has 0 saturated carbocycles. The second-order valence-corrected chi connectivity index (χ2v) is 8.25. The molecule has 0 unspecified atom stereocenters. The van der Waals surface area contributed by atoms with Crippen LogP contribution >= 0.6 is 0 Å². The van der Waals surface area contributed by atoms with Gasteiger partial charge in [-0.2, -0.15) is 0 Å². The average Bonchev–Trinajstić information content (AvgIpc) is 2.84. The number of hydrogen-bond acceptors (Lipinski definition) is 10. The first-order valence-electron chi connectivity index (χ1n) is 11.3. The number of hydrogen-bond donors (Lipinski definition) is 2. The maximum atomic E-state index is 12.4. The standard InChI is InChI=1S/C25H24N8O2/c1-16-3-2-4-20(30-16)24-29-10-7-22(33-24)31-21-6-9-28-23(32-21)12-19-11-18(5-8-27-19)25(34)35-15-17-13-26-14-17/h2-11,17,26H,12-15H2,1H3,(H,28,29,31,32,33). The molecule has 0 spiro atoms. The molecule has 2 N–H and O–H groups in total. The fourth-order valence-corrected chi connectivity index (χ4v) is 3.51. The zero-order valence-corrected chi connectivity index (χ0v) is 19.2. The Morgan fingerprint density at radius 1 is 1.00 bits per heavy atom. The molecule has 5 rings (SSSR count). The Balaban J connectivity index is 1.26. The van der Waals surface area contributed by atoms with Gasteiger partial charge in [-0.05, 0) is 43.3 Å². The molecule has 0 aromatic carbocycles. The van der Waals surface area contributed by atoms with E-state index in [0.29, 0.717) is 59.2 Å². The van der Waals surface area contributed by atoms with E-state index < -0.39 is 0 Å². The van der Waals surface area contributed by atoms with Crippen LogP contribution in [0, 0.1) is 12.8 Å². The third kappa shape index (κ3) is 5.79. The zero-order chi connectivity index (χ0) is 24.0. The van der Waals surface area contributed by atoms with Gasteiger partial charge >= 0.3 is 5.97 Å². The maximum absolute atomic E-state index is 12.4. The second-order valence-electron chi connectivity index (χ2n) is 8.25. The highest BCUT2D eigenvalue weighted by Crippen LogP contribution is 2.17. The summed E-state index contributed by atoms with van der Waals surface area (Å²) in [6.07, 6.45) is 5.30. The third-order valence-corrected chi connectivity index (χ3v) is 5.44. The number of nitrogens with zero attached hydrogens (tertiary/aromatic N) is 6. The van der Waals surface area contributed by atoms with E-state index in [-0.39, 0.29) is 5.97 Å². The molecule has 1 saturated heterocycles. The Kier molecular flexibility index (Phi) is 6.62. The van der Waals surface area contributed by atoms with Gasteiger partial charge in [-0.1, -0.05) is 6.07 Å². The van der Waals surface area contributed by atoms with Crippen molar-refractivity contribution in [3.8, 4) is 11.5 Å². The van der Waals surface area contributed by atoms with E-state index in [1.54, 1.807) is 42.9 Å². The minimum Gasteiger partial charge on any atom is -0.462 e. The molecule has 10 heteroatoms. The van der Waals surface area contributed by atoms with E-state index in [2.05, 4.69) is 40.5 Å². The highest BCUT2D eigenvalue weighted by molar-refractivity contribution is 5.89. The van der Waals surface area contributed by atoms with Gasteiger partial charge in [0.25, 0.3) is 0 Å². The number of rotatable bonds is 8. The number of esters is 1. The summed E-state index contributed by atoms with van der Waals surface area (Å²) >= 11 is 0. The first-order valence-corrected chi connectivity index (χ1v) is 11.3. The monoisotopic (exact) mass is 468 g/mol. The Labute approximate surface area is 202 Å². The van der Waals surface area contributed by atoms with Crippen LogP contribution in [0.2, 0.25) is 0 Å². The summed E-state index contributed by atoms with van der Waals surface area (Å²) in [7, 11) is 0. The fourth-order valence-electron chi connectivity index (χ4n) is 3.51. The number of nitrogens with one attached hydrogen (secondary N) is 2. The van der Waals surface area contributed by atoms with Crippen molar-refractivity contribution in [1.82, 2.24) is 35.2 Å². The van der Waals surface area contributed by atoms with Crippen molar-refractivity contribution in [2.45, 2.75) is 13.3 Å². The van der Waals surface area contributed by atoms with E-state index in [4.69, 9.17) is 4.74 Å². The Bertz CT molecular complexity index is 1340. The molecule has 5 heterocycles. The summed E-state index contributed by atoms with van der Waals surface area (Å²) in [6.45, 7) is 4.12. The molecule has 1 fully saturated rings. The first-order chi connectivity index (χ1) is 17.1. The van der Waals surface area contributed by atoms with Crippen LogP contribution in [0.15, 0.2) is 61.1 Å². The number of ether oxygens (including phenoxy) is 1.